The Morgan fingerprint density at radius 2 is 1.64 bits per heavy atom. The molecule has 2 amide bonds. The molecule has 4 heterocycles. The van der Waals surface area contributed by atoms with Gasteiger partial charge >= 0.3 is 6.03 Å². The summed E-state index contributed by atoms with van der Waals surface area (Å²) < 4.78 is 5.63. The van der Waals surface area contributed by atoms with Crippen molar-refractivity contribution in [1.29, 1.82) is 0 Å². The number of para-hydroxylation sites is 1. The summed E-state index contributed by atoms with van der Waals surface area (Å²) in [4.78, 5) is 32.5. The number of amides is 2. The van der Waals surface area contributed by atoms with Gasteiger partial charge < -0.3 is 14.5 Å². The van der Waals surface area contributed by atoms with Crippen LogP contribution in [0.1, 0.15) is 40.9 Å². The molecule has 2 aromatic carbocycles. The lowest BCUT2D eigenvalue weighted by molar-refractivity contribution is 0.0854. The van der Waals surface area contributed by atoms with E-state index >= 15 is 0 Å². The number of hydrogen-bond donors (Lipinski definition) is 0. The van der Waals surface area contributed by atoms with E-state index in [1.807, 2.05) is 22.1 Å². The zero-order valence-electron chi connectivity index (χ0n) is 23.3. The van der Waals surface area contributed by atoms with Crippen LogP contribution in [-0.2, 0) is 17.7 Å². The van der Waals surface area contributed by atoms with Gasteiger partial charge in [-0.3, -0.25) is 9.80 Å². The number of ether oxygens (including phenoxy) is 1. The van der Waals surface area contributed by atoms with Crippen molar-refractivity contribution in [3.8, 4) is 0 Å². The molecular weight excluding hydrogens is 488 g/mol. The Balaban J connectivity index is 1.28. The third-order valence-corrected chi connectivity index (χ3v) is 8.32. The van der Waals surface area contributed by atoms with E-state index in [2.05, 4.69) is 67.1 Å². The fourth-order valence-electron chi connectivity index (χ4n) is 6.05. The molecule has 0 aliphatic carbocycles. The quantitative estimate of drug-likeness (QED) is 0.486. The van der Waals surface area contributed by atoms with E-state index in [1.165, 1.54) is 11.3 Å². The number of aromatic nitrogens is 2. The predicted molar refractivity (Wildman–Crippen MR) is 155 cm³/mol. The second-order valence-electron chi connectivity index (χ2n) is 11.1. The van der Waals surface area contributed by atoms with Crippen LogP contribution >= 0.6 is 0 Å². The van der Waals surface area contributed by atoms with E-state index in [9.17, 15) is 4.79 Å². The van der Waals surface area contributed by atoms with Crippen molar-refractivity contribution in [2.75, 3.05) is 61.1 Å². The number of carbonyl (C=O) groups excluding carboxylic acids is 1. The minimum absolute atomic E-state index is 0.00650. The van der Waals surface area contributed by atoms with Crippen LogP contribution in [0.5, 0.6) is 0 Å². The predicted octanol–water partition coefficient (Wildman–Crippen LogP) is 4.56. The molecule has 6 rings (SSSR count). The van der Waals surface area contributed by atoms with Crippen molar-refractivity contribution in [2.24, 2.45) is 0 Å². The lowest BCUT2D eigenvalue weighted by Gasteiger charge is -2.42. The molecule has 0 spiro atoms. The molecule has 204 valence electrons. The summed E-state index contributed by atoms with van der Waals surface area (Å²) in [5.41, 5.74) is 6.59. The summed E-state index contributed by atoms with van der Waals surface area (Å²) >= 11 is 0. The molecule has 2 fully saturated rings. The molecule has 1 aromatic heterocycles. The first-order chi connectivity index (χ1) is 19.0. The Morgan fingerprint density at radius 1 is 0.949 bits per heavy atom. The molecule has 0 bridgehead atoms. The summed E-state index contributed by atoms with van der Waals surface area (Å²) in [7, 11) is 2.18. The first-order valence-corrected chi connectivity index (χ1v) is 14.1. The van der Waals surface area contributed by atoms with E-state index in [0.717, 1.165) is 73.0 Å². The van der Waals surface area contributed by atoms with Gasteiger partial charge in [-0.25, -0.2) is 14.8 Å². The summed E-state index contributed by atoms with van der Waals surface area (Å²) in [5.74, 6) is 1.50. The van der Waals surface area contributed by atoms with E-state index in [-0.39, 0.29) is 12.1 Å². The van der Waals surface area contributed by atoms with Crippen molar-refractivity contribution in [3.63, 3.8) is 0 Å². The fraction of sp³-hybridized carbons (Fsp3) is 0.452. The molecule has 0 unspecified atom stereocenters. The molecule has 0 N–H and O–H groups in total. The van der Waals surface area contributed by atoms with Crippen LogP contribution < -0.4 is 14.7 Å². The van der Waals surface area contributed by atoms with Gasteiger partial charge in [0.2, 0.25) is 0 Å². The zero-order chi connectivity index (χ0) is 26.9. The molecular formula is C31H38N6O2. The molecule has 0 radical (unpaired) electrons. The van der Waals surface area contributed by atoms with E-state index in [0.29, 0.717) is 26.2 Å². The van der Waals surface area contributed by atoms with Crippen LogP contribution in [-0.4, -0.2) is 73.4 Å². The monoisotopic (exact) mass is 526 g/mol. The summed E-state index contributed by atoms with van der Waals surface area (Å²) in [6.07, 6.45) is 4.17. The molecule has 3 aliphatic rings. The Hall–Kier alpha value is -3.49. The molecule has 0 saturated carbocycles. The smallest absolute Gasteiger partial charge is 0.330 e. The molecule has 3 aromatic rings. The van der Waals surface area contributed by atoms with E-state index in [1.54, 1.807) is 0 Å². The van der Waals surface area contributed by atoms with Crippen LogP contribution in [0, 0.1) is 13.8 Å². The summed E-state index contributed by atoms with van der Waals surface area (Å²) in [6.45, 7) is 10.2. The number of fused-ring (bicyclic) bond motifs is 1. The highest BCUT2D eigenvalue weighted by Gasteiger charge is 2.38. The molecule has 8 heteroatoms. The topological polar surface area (TPSA) is 65.0 Å². The van der Waals surface area contributed by atoms with Crippen molar-refractivity contribution in [2.45, 2.75) is 45.7 Å². The number of likely N-dealkylation sites (N-methyl/N-ethyl adjacent to an activating group) is 1. The Labute approximate surface area is 231 Å². The van der Waals surface area contributed by atoms with Gasteiger partial charge in [-0.05, 0) is 62.6 Å². The number of urea groups is 1. The third-order valence-electron chi connectivity index (χ3n) is 8.32. The maximum atomic E-state index is 14.1. The molecule has 8 nitrogen and oxygen atoms in total. The third kappa shape index (κ3) is 5.23. The van der Waals surface area contributed by atoms with Gasteiger partial charge in [0.25, 0.3) is 0 Å². The average Bonchev–Trinajstić information content (AvgIpc) is 2.95. The number of nitrogens with zero attached hydrogens (tertiary/aromatic N) is 6. The Kier molecular flexibility index (Phi) is 7.23. The highest BCUT2D eigenvalue weighted by atomic mass is 16.5. The van der Waals surface area contributed by atoms with Gasteiger partial charge in [0.1, 0.15) is 11.6 Å². The van der Waals surface area contributed by atoms with Crippen LogP contribution in [0.2, 0.25) is 0 Å². The minimum Gasteiger partial charge on any atom is -0.381 e. The summed E-state index contributed by atoms with van der Waals surface area (Å²) in [6, 6.07) is 15.0. The maximum absolute atomic E-state index is 14.1. The van der Waals surface area contributed by atoms with Gasteiger partial charge in [-0.15, -0.1) is 0 Å². The maximum Gasteiger partial charge on any atom is 0.330 e. The second kappa shape index (κ2) is 10.9. The normalized spacial score (nSPS) is 18.9. The largest absolute Gasteiger partial charge is 0.381 e. The average molecular weight is 527 g/mol. The first kappa shape index (κ1) is 25.8. The van der Waals surface area contributed by atoms with Gasteiger partial charge in [0.05, 0.1) is 12.2 Å². The van der Waals surface area contributed by atoms with Gasteiger partial charge in [0.15, 0.2) is 0 Å². The highest BCUT2D eigenvalue weighted by molar-refractivity contribution is 6.06. The number of aryl methyl sites for hydroxylation is 2. The van der Waals surface area contributed by atoms with Crippen LogP contribution in [0.3, 0.4) is 0 Å². The SMILES string of the molecule is Cc1cccc(C)c1N1Cc2cnc(Cc3ccc(N4CCN(C)CC4)cc3)nc2N(C2CCOCC2)C1=O. The van der Waals surface area contributed by atoms with E-state index < -0.39 is 0 Å². The van der Waals surface area contributed by atoms with Gasteiger partial charge in [-0.2, -0.15) is 0 Å². The van der Waals surface area contributed by atoms with Crippen LogP contribution in [0.25, 0.3) is 0 Å². The van der Waals surface area contributed by atoms with Crippen molar-refractivity contribution >= 4 is 23.2 Å². The zero-order valence-corrected chi connectivity index (χ0v) is 23.3. The van der Waals surface area contributed by atoms with Crippen LogP contribution in [0.4, 0.5) is 22.0 Å². The first-order valence-electron chi connectivity index (χ1n) is 14.1. The van der Waals surface area contributed by atoms with Crippen molar-refractivity contribution < 1.29 is 9.53 Å². The number of carbonyl (C=O) groups is 1. The summed E-state index contributed by atoms with van der Waals surface area (Å²) in [5, 5.41) is 0. The number of benzene rings is 2. The number of anilines is 3. The lowest BCUT2D eigenvalue weighted by atomic mass is 10.0. The standard InChI is InChI=1S/C31H38N6O2/c1-22-5-4-6-23(2)29(22)36-21-25-20-32-28(33-30(25)37(31(36)38)27-11-17-39-18-12-27)19-24-7-9-26(10-8-24)35-15-13-34(3)14-16-35/h4-10,20,27H,11-19,21H2,1-3H3. The minimum atomic E-state index is -0.00650. The fourth-order valence-corrected chi connectivity index (χ4v) is 6.05. The van der Waals surface area contributed by atoms with Crippen LogP contribution in [0.15, 0.2) is 48.7 Å². The molecule has 3 aliphatic heterocycles. The van der Waals surface area contributed by atoms with Gasteiger partial charge in [-0.1, -0.05) is 30.3 Å². The molecule has 0 atom stereocenters. The highest BCUT2D eigenvalue weighted by Crippen LogP contribution is 2.36. The van der Waals surface area contributed by atoms with Gasteiger partial charge in [0, 0.05) is 69.3 Å². The number of hydrogen-bond acceptors (Lipinski definition) is 6. The lowest BCUT2D eigenvalue weighted by Crippen LogP contribution is -2.54. The second-order valence-corrected chi connectivity index (χ2v) is 11.1. The number of rotatable bonds is 5. The van der Waals surface area contributed by atoms with E-state index in [4.69, 9.17) is 14.7 Å². The molecule has 2 saturated heterocycles. The van der Waals surface area contributed by atoms with Crippen molar-refractivity contribution in [3.05, 3.63) is 76.7 Å². The Bertz CT molecular complexity index is 1310. The molecule has 39 heavy (non-hydrogen) atoms. The number of piperazine rings is 1. The van der Waals surface area contributed by atoms with Crippen molar-refractivity contribution in [1.82, 2.24) is 14.9 Å². The Morgan fingerprint density at radius 3 is 2.33 bits per heavy atom.